The fourth-order valence-electron chi connectivity index (χ4n) is 3.03. The van der Waals surface area contributed by atoms with Crippen LogP contribution in [0.25, 0.3) is 0 Å². The third-order valence-corrected chi connectivity index (χ3v) is 5.38. The van der Waals surface area contributed by atoms with Crippen molar-refractivity contribution >= 4 is 33.4 Å². The van der Waals surface area contributed by atoms with Crippen LogP contribution in [0.1, 0.15) is 24.0 Å². The van der Waals surface area contributed by atoms with Crippen LogP contribution in [0.4, 0.5) is 5.82 Å². The molecule has 7 nitrogen and oxygen atoms in total. The highest BCUT2D eigenvalue weighted by Crippen LogP contribution is 2.21. The third-order valence-electron chi connectivity index (χ3n) is 4.61. The monoisotopic (exact) mass is 445 g/mol. The first-order valence-corrected chi connectivity index (χ1v) is 10.0. The molecule has 8 heteroatoms. The standard InChI is InChI=1S/C20H24BrN5O2/c1-23-19-15(18(22)20(27)25-14-8-10-24-11-9-14)6-7-17(26-19)28-12-13-4-2-3-5-16(13)21/h2-7,14,22,24H,8-12H2,1H3,(H,23,26)(H,25,27). The number of anilines is 1. The van der Waals surface area contributed by atoms with Crippen LogP contribution in [0.3, 0.4) is 0 Å². The largest absolute Gasteiger partial charge is 0.473 e. The van der Waals surface area contributed by atoms with Crippen molar-refractivity contribution in [3.05, 3.63) is 52.0 Å². The number of aromatic nitrogens is 1. The molecule has 0 spiro atoms. The van der Waals surface area contributed by atoms with Gasteiger partial charge in [-0.25, -0.2) is 0 Å². The Balaban J connectivity index is 1.67. The highest BCUT2D eigenvalue weighted by atomic mass is 79.9. The van der Waals surface area contributed by atoms with Crippen LogP contribution in [-0.2, 0) is 11.4 Å². The lowest BCUT2D eigenvalue weighted by molar-refractivity contribution is -0.115. The molecule has 1 saturated heterocycles. The molecule has 28 heavy (non-hydrogen) atoms. The van der Waals surface area contributed by atoms with E-state index in [1.165, 1.54) is 0 Å². The van der Waals surface area contributed by atoms with Crippen molar-refractivity contribution in [2.75, 3.05) is 25.5 Å². The van der Waals surface area contributed by atoms with E-state index in [9.17, 15) is 4.79 Å². The fraction of sp³-hybridized carbons (Fsp3) is 0.350. The Morgan fingerprint density at radius 1 is 1.29 bits per heavy atom. The molecular formula is C20H24BrN5O2. The molecule has 0 atom stereocenters. The first-order chi connectivity index (χ1) is 13.6. The number of benzene rings is 1. The SMILES string of the molecule is CNc1nc(OCc2ccccc2Br)ccc1C(=N)C(=O)NC1CCNCC1. The molecular weight excluding hydrogens is 422 g/mol. The fourth-order valence-corrected chi connectivity index (χ4v) is 3.43. The summed E-state index contributed by atoms with van der Waals surface area (Å²) < 4.78 is 6.74. The average molecular weight is 446 g/mol. The molecule has 1 amide bonds. The maximum Gasteiger partial charge on any atom is 0.270 e. The number of carbonyl (C=O) groups is 1. The summed E-state index contributed by atoms with van der Waals surface area (Å²) in [5.74, 6) is 0.484. The number of piperidine rings is 1. The Bertz CT molecular complexity index is 852. The molecule has 2 heterocycles. The molecule has 3 rings (SSSR count). The van der Waals surface area contributed by atoms with Crippen molar-refractivity contribution in [3.8, 4) is 5.88 Å². The van der Waals surface area contributed by atoms with Crippen LogP contribution in [0.15, 0.2) is 40.9 Å². The van der Waals surface area contributed by atoms with Crippen molar-refractivity contribution in [1.82, 2.24) is 15.6 Å². The molecule has 0 saturated carbocycles. The van der Waals surface area contributed by atoms with Gasteiger partial charge < -0.3 is 20.7 Å². The molecule has 0 bridgehead atoms. The Morgan fingerprint density at radius 3 is 2.75 bits per heavy atom. The zero-order valence-electron chi connectivity index (χ0n) is 15.7. The minimum atomic E-state index is -0.382. The van der Waals surface area contributed by atoms with E-state index < -0.39 is 0 Å². The number of carbonyl (C=O) groups excluding carboxylic acids is 1. The summed E-state index contributed by atoms with van der Waals surface area (Å²) in [5.41, 5.74) is 1.35. The summed E-state index contributed by atoms with van der Waals surface area (Å²) in [6.07, 6.45) is 1.75. The van der Waals surface area contributed by atoms with E-state index in [1.807, 2.05) is 24.3 Å². The second-order valence-electron chi connectivity index (χ2n) is 6.55. The van der Waals surface area contributed by atoms with E-state index in [4.69, 9.17) is 10.1 Å². The molecule has 1 aliphatic rings. The third kappa shape index (κ3) is 5.08. The number of halogens is 1. The van der Waals surface area contributed by atoms with Crippen molar-refractivity contribution in [1.29, 1.82) is 5.41 Å². The van der Waals surface area contributed by atoms with Gasteiger partial charge in [-0.3, -0.25) is 10.2 Å². The van der Waals surface area contributed by atoms with Gasteiger partial charge in [0.2, 0.25) is 5.88 Å². The van der Waals surface area contributed by atoms with Gasteiger partial charge >= 0.3 is 0 Å². The summed E-state index contributed by atoms with van der Waals surface area (Å²) >= 11 is 3.50. The summed E-state index contributed by atoms with van der Waals surface area (Å²) in [4.78, 5) is 16.9. The number of rotatable bonds is 7. The van der Waals surface area contributed by atoms with E-state index in [0.717, 1.165) is 36.0 Å². The van der Waals surface area contributed by atoms with Gasteiger partial charge in [-0.2, -0.15) is 4.98 Å². The average Bonchev–Trinajstić information content (AvgIpc) is 2.73. The lowest BCUT2D eigenvalue weighted by atomic mass is 10.1. The van der Waals surface area contributed by atoms with E-state index >= 15 is 0 Å². The second kappa shape index (κ2) is 9.66. The van der Waals surface area contributed by atoms with Crippen LogP contribution in [0, 0.1) is 5.41 Å². The molecule has 1 aliphatic heterocycles. The predicted molar refractivity (Wildman–Crippen MR) is 113 cm³/mol. The number of hydrogen-bond donors (Lipinski definition) is 4. The Kier molecular flexibility index (Phi) is 7.00. The molecule has 1 aromatic heterocycles. The van der Waals surface area contributed by atoms with Crippen molar-refractivity contribution in [3.63, 3.8) is 0 Å². The van der Waals surface area contributed by atoms with Gasteiger partial charge in [0.1, 0.15) is 18.1 Å². The van der Waals surface area contributed by atoms with E-state index in [0.29, 0.717) is 23.9 Å². The quantitative estimate of drug-likeness (QED) is 0.491. The smallest absolute Gasteiger partial charge is 0.270 e. The first-order valence-electron chi connectivity index (χ1n) is 9.24. The number of hydrogen-bond acceptors (Lipinski definition) is 6. The number of ether oxygens (including phenoxy) is 1. The highest BCUT2D eigenvalue weighted by molar-refractivity contribution is 9.10. The van der Waals surface area contributed by atoms with Crippen molar-refractivity contribution < 1.29 is 9.53 Å². The number of pyridine rings is 1. The Morgan fingerprint density at radius 2 is 2.04 bits per heavy atom. The van der Waals surface area contributed by atoms with Gasteiger partial charge in [-0.05, 0) is 38.1 Å². The Labute approximate surface area is 172 Å². The molecule has 148 valence electrons. The lowest BCUT2D eigenvalue weighted by Crippen LogP contribution is -2.45. The van der Waals surface area contributed by atoms with Crippen molar-refractivity contribution in [2.24, 2.45) is 0 Å². The molecule has 2 aromatic rings. The summed E-state index contributed by atoms with van der Waals surface area (Å²) in [6.45, 7) is 2.13. The van der Waals surface area contributed by atoms with Crippen LogP contribution in [-0.4, -0.2) is 42.8 Å². The topological polar surface area (TPSA) is 99.1 Å². The van der Waals surface area contributed by atoms with Crippen LogP contribution < -0.4 is 20.7 Å². The zero-order valence-corrected chi connectivity index (χ0v) is 17.3. The van der Waals surface area contributed by atoms with Gasteiger partial charge in [-0.15, -0.1) is 0 Å². The summed E-state index contributed by atoms with van der Waals surface area (Å²) in [5, 5.41) is 17.4. The van der Waals surface area contributed by atoms with Gasteiger partial charge in [0, 0.05) is 34.8 Å². The lowest BCUT2D eigenvalue weighted by Gasteiger charge is -2.24. The second-order valence-corrected chi connectivity index (χ2v) is 7.40. The number of nitrogens with one attached hydrogen (secondary N) is 4. The number of nitrogens with zero attached hydrogens (tertiary/aromatic N) is 1. The van der Waals surface area contributed by atoms with Gasteiger partial charge in [0.15, 0.2) is 0 Å². The summed E-state index contributed by atoms with van der Waals surface area (Å²) in [7, 11) is 1.71. The molecule has 0 aliphatic carbocycles. The molecule has 1 fully saturated rings. The molecule has 0 radical (unpaired) electrons. The Hall–Kier alpha value is -2.45. The molecule has 4 N–H and O–H groups in total. The number of amides is 1. The van der Waals surface area contributed by atoms with E-state index in [2.05, 4.69) is 36.9 Å². The predicted octanol–water partition coefficient (Wildman–Crippen LogP) is 2.70. The highest BCUT2D eigenvalue weighted by Gasteiger charge is 2.21. The van der Waals surface area contributed by atoms with Gasteiger partial charge in [0.25, 0.3) is 5.91 Å². The van der Waals surface area contributed by atoms with E-state index in [-0.39, 0.29) is 17.7 Å². The maximum absolute atomic E-state index is 12.5. The van der Waals surface area contributed by atoms with Gasteiger partial charge in [-0.1, -0.05) is 34.1 Å². The summed E-state index contributed by atoms with van der Waals surface area (Å²) in [6, 6.07) is 11.3. The van der Waals surface area contributed by atoms with Crippen LogP contribution in [0.5, 0.6) is 5.88 Å². The van der Waals surface area contributed by atoms with E-state index in [1.54, 1.807) is 19.2 Å². The minimum absolute atomic E-state index is 0.104. The minimum Gasteiger partial charge on any atom is -0.473 e. The normalized spacial score (nSPS) is 14.4. The van der Waals surface area contributed by atoms with Gasteiger partial charge in [0.05, 0.1) is 0 Å². The maximum atomic E-state index is 12.5. The zero-order chi connectivity index (χ0) is 19.9. The van der Waals surface area contributed by atoms with Crippen LogP contribution in [0.2, 0.25) is 0 Å². The van der Waals surface area contributed by atoms with Crippen molar-refractivity contribution in [2.45, 2.75) is 25.5 Å². The molecule has 1 aromatic carbocycles. The first kappa shape index (κ1) is 20.3. The van der Waals surface area contributed by atoms with Crippen LogP contribution >= 0.6 is 15.9 Å². The molecule has 0 unspecified atom stereocenters.